The second-order valence-corrected chi connectivity index (χ2v) is 5.01. The van der Waals surface area contributed by atoms with Crippen LogP contribution < -0.4 is 9.47 Å². The number of hydrogen-bond donors (Lipinski definition) is 0. The molecule has 2 aromatic carbocycles. The third-order valence-corrected chi connectivity index (χ3v) is 3.51. The number of aliphatic imine (C=N–C) groups is 1. The fourth-order valence-electron chi connectivity index (χ4n) is 2.34. The van der Waals surface area contributed by atoms with Crippen LogP contribution in [0.5, 0.6) is 11.5 Å². The Morgan fingerprint density at radius 3 is 2.45 bits per heavy atom. The van der Waals surface area contributed by atoms with E-state index in [1.807, 2.05) is 25.1 Å². The highest BCUT2D eigenvalue weighted by Gasteiger charge is 2.14. The van der Waals surface area contributed by atoms with Gasteiger partial charge in [0, 0.05) is 5.71 Å². The van der Waals surface area contributed by atoms with Gasteiger partial charge in [-0.2, -0.15) is 0 Å². The standard InChI is InChI=1S/C17H17NO2/c1-11-5-4-6-12(2)17(11)18-13(3)14-7-8-15-16(9-14)20-10-19-15/h4-9H,10H2,1-3H3. The van der Waals surface area contributed by atoms with Gasteiger partial charge in [-0.1, -0.05) is 18.2 Å². The largest absolute Gasteiger partial charge is 0.454 e. The van der Waals surface area contributed by atoms with Gasteiger partial charge in [-0.25, -0.2) is 0 Å². The summed E-state index contributed by atoms with van der Waals surface area (Å²) in [5, 5.41) is 0. The van der Waals surface area contributed by atoms with Crippen LogP contribution in [0.15, 0.2) is 41.4 Å². The first kappa shape index (κ1) is 12.7. The third kappa shape index (κ3) is 2.27. The van der Waals surface area contributed by atoms with E-state index in [-0.39, 0.29) is 0 Å². The van der Waals surface area contributed by atoms with Crippen molar-refractivity contribution in [3.05, 3.63) is 53.1 Å². The van der Waals surface area contributed by atoms with E-state index in [0.717, 1.165) is 28.5 Å². The van der Waals surface area contributed by atoms with Crippen LogP contribution in [-0.2, 0) is 0 Å². The van der Waals surface area contributed by atoms with Gasteiger partial charge >= 0.3 is 0 Å². The first-order valence-electron chi connectivity index (χ1n) is 6.66. The van der Waals surface area contributed by atoms with E-state index < -0.39 is 0 Å². The molecule has 0 aliphatic carbocycles. The number of benzene rings is 2. The second-order valence-electron chi connectivity index (χ2n) is 5.01. The lowest BCUT2D eigenvalue weighted by atomic mass is 10.1. The number of aryl methyl sites for hydroxylation is 2. The third-order valence-electron chi connectivity index (χ3n) is 3.51. The predicted octanol–water partition coefficient (Wildman–Crippen LogP) is 4.17. The van der Waals surface area contributed by atoms with Gasteiger partial charge in [-0.3, -0.25) is 4.99 Å². The van der Waals surface area contributed by atoms with Crippen molar-refractivity contribution in [2.45, 2.75) is 20.8 Å². The summed E-state index contributed by atoms with van der Waals surface area (Å²) in [7, 11) is 0. The van der Waals surface area contributed by atoms with Gasteiger partial charge < -0.3 is 9.47 Å². The van der Waals surface area contributed by atoms with Gasteiger partial charge in [0.1, 0.15) is 0 Å². The van der Waals surface area contributed by atoms with E-state index in [1.54, 1.807) is 0 Å². The maximum Gasteiger partial charge on any atom is 0.231 e. The topological polar surface area (TPSA) is 30.8 Å². The number of nitrogens with zero attached hydrogens (tertiary/aromatic N) is 1. The highest BCUT2D eigenvalue weighted by Crippen LogP contribution is 2.33. The Bertz CT molecular complexity index is 669. The van der Waals surface area contributed by atoms with E-state index >= 15 is 0 Å². The highest BCUT2D eigenvalue weighted by molar-refractivity contribution is 6.01. The molecule has 0 saturated heterocycles. The quantitative estimate of drug-likeness (QED) is 0.764. The summed E-state index contributed by atoms with van der Waals surface area (Å²) >= 11 is 0. The maximum atomic E-state index is 5.41. The Morgan fingerprint density at radius 2 is 1.70 bits per heavy atom. The zero-order valence-electron chi connectivity index (χ0n) is 11.9. The summed E-state index contributed by atoms with van der Waals surface area (Å²) in [4.78, 5) is 4.77. The fourth-order valence-corrected chi connectivity index (χ4v) is 2.34. The average Bonchev–Trinajstić information content (AvgIpc) is 2.90. The van der Waals surface area contributed by atoms with Crippen molar-refractivity contribution in [3.63, 3.8) is 0 Å². The van der Waals surface area contributed by atoms with Gasteiger partial charge in [-0.15, -0.1) is 0 Å². The Labute approximate surface area is 118 Å². The molecule has 1 heterocycles. The Balaban J connectivity index is 2.00. The van der Waals surface area contributed by atoms with Crippen molar-refractivity contribution in [2.24, 2.45) is 4.99 Å². The molecule has 0 aromatic heterocycles. The van der Waals surface area contributed by atoms with Crippen molar-refractivity contribution < 1.29 is 9.47 Å². The smallest absolute Gasteiger partial charge is 0.231 e. The predicted molar refractivity (Wildman–Crippen MR) is 80.4 cm³/mol. The summed E-state index contributed by atoms with van der Waals surface area (Å²) in [6.07, 6.45) is 0. The Hall–Kier alpha value is -2.29. The molecule has 102 valence electrons. The molecule has 3 heteroatoms. The Kier molecular flexibility index (Phi) is 3.18. The zero-order valence-corrected chi connectivity index (χ0v) is 11.9. The lowest BCUT2D eigenvalue weighted by Crippen LogP contribution is -1.95. The molecule has 0 unspecified atom stereocenters. The molecule has 3 rings (SSSR count). The lowest BCUT2D eigenvalue weighted by molar-refractivity contribution is 0.174. The molecule has 0 radical (unpaired) electrons. The van der Waals surface area contributed by atoms with Crippen LogP contribution in [-0.4, -0.2) is 12.5 Å². The molecule has 20 heavy (non-hydrogen) atoms. The number of fused-ring (bicyclic) bond motifs is 1. The van der Waals surface area contributed by atoms with E-state index in [9.17, 15) is 0 Å². The molecule has 3 nitrogen and oxygen atoms in total. The summed E-state index contributed by atoms with van der Waals surface area (Å²) in [5.41, 5.74) is 5.44. The molecule has 0 N–H and O–H groups in total. The maximum absolute atomic E-state index is 5.41. The van der Waals surface area contributed by atoms with Gasteiger partial charge in [0.2, 0.25) is 6.79 Å². The molecule has 2 aromatic rings. The minimum atomic E-state index is 0.297. The van der Waals surface area contributed by atoms with E-state index in [1.165, 1.54) is 11.1 Å². The highest BCUT2D eigenvalue weighted by atomic mass is 16.7. The minimum absolute atomic E-state index is 0.297. The molecular weight excluding hydrogens is 250 g/mol. The lowest BCUT2D eigenvalue weighted by Gasteiger charge is -2.07. The molecular formula is C17H17NO2. The van der Waals surface area contributed by atoms with E-state index in [0.29, 0.717) is 6.79 Å². The van der Waals surface area contributed by atoms with Gasteiger partial charge in [-0.05, 0) is 55.7 Å². The number of rotatable bonds is 2. The van der Waals surface area contributed by atoms with Gasteiger partial charge in [0.25, 0.3) is 0 Å². The summed E-state index contributed by atoms with van der Waals surface area (Å²) in [6, 6.07) is 12.1. The average molecular weight is 267 g/mol. The van der Waals surface area contributed by atoms with Crippen molar-refractivity contribution >= 4 is 11.4 Å². The van der Waals surface area contributed by atoms with Crippen molar-refractivity contribution in [1.82, 2.24) is 0 Å². The monoisotopic (exact) mass is 267 g/mol. The number of para-hydroxylation sites is 1. The van der Waals surface area contributed by atoms with Crippen molar-refractivity contribution in [3.8, 4) is 11.5 Å². The minimum Gasteiger partial charge on any atom is -0.454 e. The molecule has 0 saturated carbocycles. The SMILES string of the molecule is CC(=Nc1c(C)cccc1C)c1ccc2c(c1)OCO2. The molecule has 0 bridgehead atoms. The summed E-state index contributed by atoms with van der Waals surface area (Å²) < 4.78 is 10.7. The number of ether oxygens (including phenoxy) is 2. The summed E-state index contributed by atoms with van der Waals surface area (Å²) in [5.74, 6) is 1.59. The van der Waals surface area contributed by atoms with Crippen LogP contribution in [0.4, 0.5) is 5.69 Å². The first-order chi connectivity index (χ1) is 9.65. The van der Waals surface area contributed by atoms with Crippen LogP contribution in [0.1, 0.15) is 23.6 Å². The van der Waals surface area contributed by atoms with Gasteiger partial charge in [0.05, 0.1) is 5.69 Å². The Morgan fingerprint density at radius 1 is 1.00 bits per heavy atom. The fraction of sp³-hybridized carbons (Fsp3) is 0.235. The normalized spacial score (nSPS) is 13.7. The van der Waals surface area contributed by atoms with Crippen LogP contribution >= 0.6 is 0 Å². The summed E-state index contributed by atoms with van der Waals surface area (Å²) in [6.45, 7) is 6.48. The first-order valence-corrected chi connectivity index (χ1v) is 6.66. The van der Waals surface area contributed by atoms with E-state index in [2.05, 4.69) is 32.0 Å². The van der Waals surface area contributed by atoms with Gasteiger partial charge in [0.15, 0.2) is 11.5 Å². The van der Waals surface area contributed by atoms with Crippen molar-refractivity contribution in [1.29, 1.82) is 0 Å². The van der Waals surface area contributed by atoms with Crippen molar-refractivity contribution in [2.75, 3.05) is 6.79 Å². The molecule has 0 fully saturated rings. The molecule has 0 amide bonds. The molecule has 0 spiro atoms. The van der Waals surface area contributed by atoms with Crippen LogP contribution in [0.3, 0.4) is 0 Å². The van der Waals surface area contributed by atoms with E-state index in [4.69, 9.17) is 14.5 Å². The van der Waals surface area contributed by atoms with Crippen LogP contribution in [0.2, 0.25) is 0 Å². The molecule has 1 aliphatic heterocycles. The molecule has 0 atom stereocenters. The molecule has 1 aliphatic rings. The number of hydrogen-bond acceptors (Lipinski definition) is 3. The van der Waals surface area contributed by atoms with Crippen LogP contribution in [0, 0.1) is 13.8 Å². The second kappa shape index (κ2) is 5.00. The zero-order chi connectivity index (χ0) is 14.1. The van der Waals surface area contributed by atoms with Crippen LogP contribution in [0.25, 0.3) is 0 Å².